The quantitative estimate of drug-likeness (QED) is 0.122. The maximum atomic E-state index is 13.5. The van der Waals surface area contributed by atoms with Crippen LogP contribution in [0.3, 0.4) is 0 Å². The number of hydrogen-bond acceptors (Lipinski definition) is 5. The Morgan fingerprint density at radius 1 is 0.909 bits per heavy atom. The van der Waals surface area contributed by atoms with Gasteiger partial charge in [-0.25, -0.2) is 18.5 Å². The number of carbonyl (C=O) groups excluding carboxylic acids is 1. The van der Waals surface area contributed by atoms with E-state index in [1.165, 1.54) is 6.07 Å². The predicted octanol–water partition coefficient (Wildman–Crippen LogP) is 5.46. The van der Waals surface area contributed by atoms with Crippen molar-refractivity contribution < 1.29 is 17.9 Å². The first kappa shape index (κ1) is 32.5. The topological polar surface area (TPSA) is 128 Å². The maximum absolute atomic E-state index is 13.5. The highest BCUT2D eigenvalue weighted by Gasteiger charge is 2.17. The molecule has 0 unspecified atom stereocenters. The molecule has 0 radical (unpaired) electrons. The molecule has 0 saturated carbocycles. The van der Waals surface area contributed by atoms with Crippen molar-refractivity contribution in [2.24, 2.45) is 15.9 Å². The molecule has 0 aromatic heterocycles. The number of hydrogen-bond donors (Lipinski definition) is 2. The van der Waals surface area contributed by atoms with Crippen molar-refractivity contribution in [3.63, 3.8) is 0 Å². The monoisotopic (exact) mass is 628 g/mol. The zero-order valence-electron chi connectivity index (χ0n) is 24.8. The molecule has 228 valence electrons. The van der Waals surface area contributed by atoms with Crippen molar-refractivity contribution >= 4 is 39.0 Å². The Bertz CT molecular complexity index is 1750. The zero-order chi connectivity index (χ0) is 31.7. The molecule has 0 fully saturated rings. The first-order valence-electron chi connectivity index (χ1n) is 14.2. The summed E-state index contributed by atoms with van der Waals surface area (Å²) < 4.78 is 29.3. The van der Waals surface area contributed by atoms with Crippen molar-refractivity contribution in [3.05, 3.63) is 119 Å². The van der Waals surface area contributed by atoms with Crippen LogP contribution < -0.4 is 15.6 Å². The van der Waals surface area contributed by atoms with Crippen molar-refractivity contribution in [2.45, 2.75) is 37.6 Å². The molecule has 0 aliphatic rings. The zero-order valence-corrected chi connectivity index (χ0v) is 26.4. The fraction of sp³-hybridized carbons (Fsp3) is 0.206. The molecule has 4 N–H and O–H groups in total. The summed E-state index contributed by atoms with van der Waals surface area (Å²) in [6.45, 7) is 3.12. The van der Waals surface area contributed by atoms with E-state index in [9.17, 15) is 13.2 Å². The summed E-state index contributed by atoms with van der Waals surface area (Å²) in [5.74, 6) is 1.01. The fourth-order valence-corrected chi connectivity index (χ4v) is 5.70. The standard InChI is InChI=1S/C34H36N4O4S2/c1-3-4-20-38(32(39)22-24-12-14-26(15-13-24)30-10-5-6-11-31(30)44(36,40)41)23-25-8-7-9-28(21-25)33(35)37-34(43)27-16-18-29(42-2)19-17-27/h5-19,21H,3-4,20,22-23H2,1-2H3,(H2,35,37,43)(H2,36,40,41). The van der Waals surface area contributed by atoms with Crippen LogP contribution >= 0.6 is 12.2 Å². The Morgan fingerprint density at radius 2 is 1.61 bits per heavy atom. The fourth-order valence-electron chi connectivity index (χ4n) is 4.70. The van der Waals surface area contributed by atoms with Gasteiger partial charge >= 0.3 is 0 Å². The lowest BCUT2D eigenvalue weighted by Crippen LogP contribution is -2.33. The first-order chi connectivity index (χ1) is 21.1. The number of amidine groups is 1. The molecule has 10 heteroatoms. The van der Waals surface area contributed by atoms with Crippen LogP contribution in [0.4, 0.5) is 0 Å². The molecule has 0 aliphatic heterocycles. The average molecular weight is 629 g/mol. The number of amides is 1. The molecule has 4 aromatic rings. The van der Waals surface area contributed by atoms with Crippen LogP contribution in [0.1, 0.15) is 42.0 Å². The lowest BCUT2D eigenvalue weighted by atomic mass is 10.0. The van der Waals surface area contributed by atoms with Gasteiger partial charge in [0.15, 0.2) is 0 Å². The molecular weight excluding hydrogens is 593 g/mol. The number of nitrogens with two attached hydrogens (primary N) is 2. The summed E-state index contributed by atoms with van der Waals surface area (Å²) in [5, 5.41) is 5.41. The Morgan fingerprint density at radius 3 is 2.27 bits per heavy atom. The van der Waals surface area contributed by atoms with Crippen LogP contribution in [0.2, 0.25) is 0 Å². The number of thiocarbonyl (C=S) groups is 1. The van der Waals surface area contributed by atoms with Crippen LogP contribution in [-0.2, 0) is 27.8 Å². The molecule has 1 amide bonds. The molecule has 44 heavy (non-hydrogen) atoms. The largest absolute Gasteiger partial charge is 0.497 e. The highest BCUT2D eigenvalue weighted by Crippen LogP contribution is 2.27. The Labute approximate surface area is 264 Å². The van der Waals surface area contributed by atoms with Gasteiger partial charge in [-0.05, 0) is 59.5 Å². The SMILES string of the molecule is CCCCN(Cc1cccc(C(N)=NC(=S)c2ccc(OC)cc2)c1)C(=O)Cc1ccc(-c2ccccc2S(N)(=O)=O)cc1. The molecule has 0 bridgehead atoms. The van der Waals surface area contributed by atoms with E-state index in [4.69, 9.17) is 27.8 Å². The lowest BCUT2D eigenvalue weighted by molar-refractivity contribution is -0.131. The number of sulfonamides is 1. The minimum atomic E-state index is -3.88. The van der Waals surface area contributed by atoms with E-state index in [0.717, 1.165) is 40.8 Å². The number of primary sulfonamides is 1. The van der Waals surface area contributed by atoms with Gasteiger partial charge in [-0.3, -0.25) is 4.79 Å². The average Bonchev–Trinajstić information content (AvgIpc) is 3.03. The lowest BCUT2D eigenvalue weighted by Gasteiger charge is -2.23. The number of unbranched alkanes of at least 4 members (excludes halogenated alkanes) is 1. The summed E-state index contributed by atoms with van der Waals surface area (Å²) >= 11 is 5.49. The molecule has 0 heterocycles. The second kappa shape index (κ2) is 14.9. The summed E-state index contributed by atoms with van der Waals surface area (Å²) in [5.41, 5.74) is 10.8. The number of rotatable bonds is 12. The number of ether oxygens (including phenoxy) is 1. The molecule has 0 saturated heterocycles. The van der Waals surface area contributed by atoms with Gasteiger partial charge in [0.1, 0.15) is 16.6 Å². The van der Waals surface area contributed by atoms with E-state index in [1.807, 2.05) is 77.7 Å². The van der Waals surface area contributed by atoms with Gasteiger partial charge in [0, 0.05) is 29.8 Å². The molecule has 4 aromatic carbocycles. The second-order valence-corrected chi connectivity index (χ2v) is 12.2. The Hall–Kier alpha value is -4.38. The van der Waals surface area contributed by atoms with Gasteiger partial charge in [-0.2, -0.15) is 0 Å². The summed E-state index contributed by atoms with van der Waals surface area (Å²) in [6.07, 6.45) is 2.03. The number of methoxy groups -OCH3 is 1. The number of carbonyl (C=O) groups is 1. The first-order valence-corrected chi connectivity index (χ1v) is 16.1. The summed E-state index contributed by atoms with van der Waals surface area (Å²) in [6, 6.07) is 28.9. The van der Waals surface area contributed by atoms with Gasteiger partial charge in [-0.15, -0.1) is 0 Å². The summed E-state index contributed by atoms with van der Waals surface area (Å²) in [4.78, 5) is 20.2. The van der Waals surface area contributed by atoms with E-state index in [0.29, 0.717) is 35.0 Å². The van der Waals surface area contributed by atoms with Crippen LogP contribution in [0.25, 0.3) is 11.1 Å². The molecule has 8 nitrogen and oxygen atoms in total. The van der Waals surface area contributed by atoms with E-state index >= 15 is 0 Å². The van der Waals surface area contributed by atoms with E-state index < -0.39 is 10.0 Å². The minimum absolute atomic E-state index is 0.0103. The Balaban J connectivity index is 1.48. The normalized spacial score (nSPS) is 11.7. The minimum Gasteiger partial charge on any atom is -0.497 e. The molecule has 0 spiro atoms. The van der Waals surface area contributed by atoms with Gasteiger partial charge in [-0.1, -0.05) is 86.2 Å². The van der Waals surface area contributed by atoms with E-state index in [2.05, 4.69) is 11.9 Å². The molecule has 0 atom stereocenters. The van der Waals surface area contributed by atoms with Crippen LogP contribution in [-0.4, -0.2) is 43.7 Å². The Kier molecular flexibility index (Phi) is 11.0. The predicted molar refractivity (Wildman–Crippen MR) is 179 cm³/mol. The molecule has 4 rings (SSSR count). The van der Waals surface area contributed by atoms with Crippen molar-refractivity contribution in [1.82, 2.24) is 4.90 Å². The third kappa shape index (κ3) is 8.59. The van der Waals surface area contributed by atoms with Crippen LogP contribution in [0, 0.1) is 0 Å². The number of nitrogens with zero attached hydrogens (tertiary/aromatic N) is 2. The third-order valence-electron chi connectivity index (χ3n) is 7.10. The van der Waals surface area contributed by atoms with Gasteiger partial charge in [0.05, 0.1) is 18.4 Å². The number of aliphatic imine (C=N–C) groups is 1. The second-order valence-electron chi connectivity index (χ2n) is 10.3. The van der Waals surface area contributed by atoms with Crippen molar-refractivity contribution in [2.75, 3.05) is 13.7 Å². The van der Waals surface area contributed by atoms with E-state index in [1.54, 1.807) is 25.3 Å². The third-order valence-corrected chi connectivity index (χ3v) is 8.40. The molecular formula is C34H36N4O4S2. The van der Waals surface area contributed by atoms with Gasteiger partial charge in [0.2, 0.25) is 15.9 Å². The van der Waals surface area contributed by atoms with Gasteiger partial charge < -0.3 is 15.4 Å². The number of benzene rings is 4. The van der Waals surface area contributed by atoms with Gasteiger partial charge in [0.25, 0.3) is 0 Å². The molecule has 0 aliphatic carbocycles. The smallest absolute Gasteiger partial charge is 0.238 e. The van der Waals surface area contributed by atoms with Crippen molar-refractivity contribution in [1.29, 1.82) is 0 Å². The van der Waals surface area contributed by atoms with Crippen molar-refractivity contribution in [3.8, 4) is 16.9 Å². The summed E-state index contributed by atoms with van der Waals surface area (Å²) in [7, 11) is -2.27. The highest BCUT2D eigenvalue weighted by molar-refractivity contribution is 7.89. The highest BCUT2D eigenvalue weighted by atomic mass is 32.2. The van der Waals surface area contributed by atoms with E-state index in [-0.39, 0.29) is 17.2 Å². The van der Waals surface area contributed by atoms with Crippen LogP contribution in [0.5, 0.6) is 5.75 Å². The maximum Gasteiger partial charge on any atom is 0.238 e. The van der Waals surface area contributed by atoms with Crippen LogP contribution in [0.15, 0.2) is 107 Å².